The summed E-state index contributed by atoms with van der Waals surface area (Å²) in [5.41, 5.74) is 2.70. The first-order valence-electron chi connectivity index (χ1n) is 6.45. The minimum Gasteiger partial charge on any atom is -0.258 e. The molecule has 0 unspecified atom stereocenters. The van der Waals surface area contributed by atoms with Crippen LogP contribution in [0.15, 0.2) is 59.8 Å². The third kappa shape index (κ3) is 3.12. The van der Waals surface area contributed by atoms with E-state index in [0.717, 1.165) is 17.0 Å². The summed E-state index contributed by atoms with van der Waals surface area (Å²) < 4.78 is 0. The van der Waals surface area contributed by atoms with Gasteiger partial charge in [-0.05, 0) is 11.6 Å². The second kappa shape index (κ2) is 6.25. The van der Waals surface area contributed by atoms with Gasteiger partial charge < -0.3 is 0 Å². The predicted octanol–water partition coefficient (Wildman–Crippen LogP) is 3.64. The van der Waals surface area contributed by atoms with Crippen molar-refractivity contribution in [2.24, 2.45) is 0 Å². The van der Waals surface area contributed by atoms with Gasteiger partial charge in [0.1, 0.15) is 0 Å². The molecule has 0 radical (unpaired) electrons. The molecule has 21 heavy (non-hydrogen) atoms. The third-order valence-corrected chi connectivity index (χ3v) is 3.90. The number of aromatic amines is 1. The molecule has 0 bridgehead atoms. The zero-order chi connectivity index (χ0) is 14.5. The van der Waals surface area contributed by atoms with Crippen LogP contribution < -0.4 is 0 Å². The Morgan fingerprint density at radius 1 is 1.05 bits per heavy atom. The van der Waals surface area contributed by atoms with Crippen LogP contribution in [-0.2, 0) is 5.75 Å². The van der Waals surface area contributed by atoms with Crippen LogP contribution in [0, 0.1) is 11.3 Å². The highest BCUT2D eigenvalue weighted by Gasteiger charge is 2.07. The molecule has 1 N–H and O–H groups in total. The van der Waals surface area contributed by atoms with Gasteiger partial charge in [0.15, 0.2) is 5.82 Å². The summed E-state index contributed by atoms with van der Waals surface area (Å²) in [4.78, 5) is 4.46. The predicted molar refractivity (Wildman–Crippen MR) is 82.5 cm³/mol. The number of hydrogen-bond acceptors (Lipinski definition) is 4. The average Bonchev–Trinajstić information content (AvgIpc) is 3.03. The van der Waals surface area contributed by atoms with Crippen LogP contribution >= 0.6 is 11.8 Å². The zero-order valence-corrected chi connectivity index (χ0v) is 12.0. The zero-order valence-electron chi connectivity index (χ0n) is 11.2. The summed E-state index contributed by atoms with van der Waals surface area (Å²) in [7, 11) is 0. The molecule has 0 amide bonds. The van der Waals surface area contributed by atoms with E-state index in [0.29, 0.717) is 16.5 Å². The van der Waals surface area contributed by atoms with E-state index in [9.17, 15) is 0 Å². The second-order valence-electron chi connectivity index (χ2n) is 4.39. The Morgan fingerprint density at radius 3 is 2.62 bits per heavy atom. The van der Waals surface area contributed by atoms with Crippen LogP contribution in [-0.4, -0.2) is 15.2 Å². The standard InChI is InChI=1S/C16H12N4S/c17-10-13-8-4-5-9-14(13)11-21-16-18-15(19-20-16)12-6-2-1-3-7-12/h1-9H,11H2,(H,18,19,20). The number of nitrogens with zero attached hydrogens (tertiary/aromatic N) is 3. The number of nitriles is 1. The summed E-state index contributed by atoms with van der Waals surface area (Å²) in [5, 5.41) is 16.9. The first-order chi connectivity index (χ1) is 10.4. The molecule has 1 aromatic heterocycles. The van der Waals surface area contributed by atoms with E-state index in [1.54, 1.807) is 0 Å². The molecule has 0 spiro atoms. The minimum absolute atomic E-state index is 0.676. The lowest BCUT2D eigenvalue weighted by molar-refractivity contribution is 0.973. The van der Waals surface area contributed by atoms with Gasteiger partial charge in [0.05, 0.1) is 11.6 Å². The quantitative estimate of drug-likeness (QED) is 0.746. The van der Waals surface area contributed by atoms with E-state index in [4.69, 9.17) is 5.26 Å². The lowest BCUT2D eigenvalue weighted by atomic mass is 10.1. The van der Waals surface area contributed by atoms with Crippen molar-refractivity contribution in [3.05, 3.63) is 65.7 Å². The van der Waals surface area contributed by atoms with E-state index >= 15 is 0 Å². The lowest BCUT2D eigenvalue weighted by Crippen LogP contribution is -1.87. The first kappa shape index (κ1) is 13.4. The molecule has 3 aromatic rings. The molecular formula is C16H12N4S. The Kier molecular flexibility index (Phi) is 3.99. The van der Waals surface area contributed by atoms with E-state index in [2.05, 4.69) is 21.3 Å². The third-order valence-electron chi connectivity index (χ3n) is 3.01. The fourth-order valence-corrected chi connectivity index (χ4v) is 2.74. The number of aromatic nitrogens is 3. The van der Waals surface area contributed by atoms with Gasteiger partial charge in [0.25, 0.3) is 0 Å². The van der Waals surface area contributed by atoms with Crippen molar-refractivity contribution in [3.63, 3.8) is 0 Å². The summed E-state index contributed by atoms with van der Waals surface area (Å²) in [6.07, 6.45) is 0. The topological polar surface area (TPSA) is 65.4 Å². The highest BCUT2D eigenvalue weighted by atomic mass is 32.2. The van der Waals surface area contributed by atoms with Gasteiger partial charge in [-0.25, -0.2) is 4.98 Å². The van der Waals surface area contributed by atoms with Crippen LogP contribution in [0.2, 0.25) is 0 Å². The number of H-pyrrole nitrogens is 1. The molecule has 102 valence electrons. The average molecular weight is 292 g/mol. The fourth-order valence-electron chi connectivity index (χ4n) is 1.93. The van der Waals surface area contributed by atoms with Gasteiger partial charge in [-0.15, -0.1) is 5.10 Å². The van der Waals surface area contributed by atoms with Gasteiger partial charge in [0, 0.05) is 11.3 Å². The van der Waals surface area contributed by atoms with Crippen molar-refractivity contribution in [2.75, 3.05) is 0 Å². The normalized spacial score (nSPS) is 10.2. The largest absolute Gasteiger partial charge is 0.258 e. The maximum Gasteiger partial charge on any atom is 0.209 e. The van der Waals surface area contributed by atoms with E-state index in [-0.39, 0.29) is 0 Å². The smallest absolute Gasteiger partial charge is 0.209 e. The number of rotatable bonds is 4. The Morgan fingerprint density at radius 2 is 1.81 bits per heavy atom. The van der Waals surface area contributed by atoms with E-state index in [1.807, 2.05) is 54.6 Å². The molecule has 3 rings (SSSR count). The lowest BCUT2D eigenvalue weighted by Gasteiger charge is -2.00. The molecule has 0 atom stereocenters. The highest BCUT2D eigenvalue weighted by molar-refractivity contribution is 7.98. The molecule has 1 heterocycles. The molecule has 5 heteroatoms. The van der Waals surface area contributed by atoms with Gasteiger partial charge in [0.2, 0.25) is 5.16 Å². The van der Waals surface area contributed by atoms with Crippen LogP contribution in [0.25, 0.3) is 11.4 Å². The van der Waals surface area contributed by atoms with Crippen LogP contribution in [0.1, 0.15) is 11.1 Å². The van der Waals surface area contributed by atoms with Crippen molar-refractivity contribution in [1.29, 1.82) is 5.26 Å². The van der Waals surface area contributed by atoms with E-state index < -0.39 is 0 Å². The summed E-state index contributed by atoms with van der Waals surface area (Å²) in [6.45, 7) is 0. The molecule has 4 nitrogen and oxygen atoms in total. The van der Waals surface area contributed by atoms with Crippen molar-refractivity contribution >= 4 is 11.8 Å². The summed E-state index contributed by atoms with van der Waals surface area (Å²) >= 11 is 1.51. The number of nitrogens with one attached hydrogen (secondary N) is 1. The molecule has 0 aliphatic heterocycles. The van der Waals surface area contributed by atoms with Gasteiger partial charge in [-0.2, -0.15) is 5.26 Å². The molecule has 0 aliphatic rings. The molecule has 0 aliphatic carbocycles. The number of benzene rings is 2. The number of hydrogen-bond donors (Lipinski definition) is 1. The van der Waals surface area contributed by atoms with Gasteiger partial charge in [-0.1, -0.05) is 60.3 Å². The van der Waals surface area contributed by atoms with Crippen molar-refractivity contribution < 1.29 is 0 Å². The van der Waals surface area contributed by atoms with Crippen molar-refractivity contribution in [2.45, 2.75) is 10.9 Å². The Balaban J connectivity index is 1.72. The first-order valence-corrected chi connectivity index (χ1v) is 7.44. The van der Waals surface area contributed by atoms with Crippen molar-refractivity contribution in [1.82, 2.24) is 15.2 Å². The fraction of sp³-hybridized carbons (Fsp3) is 0.0625. The molecule has 0 saturated heterocycles. The second-order valence-corrected chi connectivity index (χ2v) is 5.33. The molecule has 2 aromatic carbocycles. The highest BCUT2D eigenvalue weighted by Crippen LogP contribution is 2.23. The maximum atomic E-state index is 9.07. The van der Waals surface area contributed by atoms with Crippen molar-refractivity contribution in [3.8, 4) is 17.5 Å². The minimum atomic E-state index is 0.676. The Labute approximate surface area is 126 Å². The monoisotopic (exact) mass is 292 g/mol. The van der Waals surface area contributed by atoms with E-state index in [1.165, 1.54) is 11.8 Å². The Hall–Kier alpha value is -2.58. The summed E-state index contributed by atoms with van der Waals surface area (Å²) in [5.74, 6) is 1.43. The number of thioether (sulfide) groups is 1. The molecular weight excluding hydrogens is 280 g/mol. The Bertz CT molecular complexity index is 774. The summed E-state index contributed by atoms with van der Waals surface area (Å²) in [6, 6.07) is 19.7. The molecule has 0 saturated carbocycles. The van der Waals surface area contributed by atoms with Gasteiger partial charge in [-0.3, -0.25) is 5.10 Å². The van der Waals surface area contributed by atoms with Crippen LogP contribution in [0.4, 0.5) is 0 Å². The molecule has 0 fully saturated rings. The maximum absolute atomic E-state index is 9.07. The SMILES string of the molecule is N#Cc1ccccc1CSc1n[nH]c(-c2ccccc2)n1. The van der Waals surface area contributed by atoms with Gasteiger partial charge >= 0.3 is 0 Å². The van der Waals surface area contributed by atoms with Crippen LogP contribution in [0.3, 0.4) is 0 Å². The van der Waals surface area contributed by atoms with Crippen LogP contribution in [0.5, 0.6) is 0 Å².